The number of carbonyl (C=O) groups excluding carboxylic acids is 1. The number of sulfone groups is 1. The van der Waals surface area contributed by atoms with Gasteiger partial charge in [0, 0.05) is 13.8 Å². The number of fused-ring (bicyclic) bond motifs is 1. The average molecular weight is 610 g/mol. The number of methoxy groups -OCH3 is 1. The molecule has 10 heteroatoms. The van der Waals surface area contributed by atoms with E-state index in [1.807, 2.05) is 6.07 Å². The molecule has 1 heterocycles. The van der Waals surface area contributed by atoms with Crippen molar-refractivity contribution in [3.63, 3.8) is 0 Å². The molecule has 0 radical (unpaired) electrons. The molecule has 0 fully saturated rings. The number of rotatable bonds is 5. The van der Waals surface area contributed by atoms with Crippen molar-refractivity contribution in [2.24, 2.45) is 0 Å². The lowest BCUT2D eigenvalue weighted by Crippen LogP contribution is -2.17. The third kappa shape index (κ3) is 5.13. The maximum Gasteiger partial charge on any atom is 0.262 e. The van der Waals surface area contributed by atoms with Gasteiger partial charge in [0.25, 0.3) is 5.91 Å². The van der Waals surface area contributed by atoms with Gasteiger partial charge in [0.2, 0.25) is 0 Å². The number of hydrogen-bond donors (Lipinski definition) is 2. The van der Waals surface area contributed by atoms with Crippen molar-refractivity contribution in [1.29, 1.82) is 0 Å². The summed E-state index contributed by atoms with van der Waals surface area (Å²) in [4.78, 5) is 13.8. The van der Waals surface area contributed by atoms with Crippen LogP contribution in [0, 0.1) is 0 Å². The molecule has 3 N–H and O–H groups in total. The summed E-state index contributed by atoms with van der Waals surface area (Å²) in [7, 11) is -2.10. The number of nitrogens with one attached hydrogen (secondary N) is 1. The molecule has 0 bridgehead atoms. The standard InChI is InChI=1S/C23H18Br2N2O4S2/c1-31-20-8-5-13(9-18(20)26)10-22-23(28)27-19-7-6-14(11-21(19)32-22)33(29,30)12-15-16(24)3-2-4-17(15)25/h2-11H,12,26H2,1H3,(H,27,28)/b22-10-. The summed E-state index contributed by atoms with van der Waals surface area (Å²) in [6.07, 6.45) is 1.71. The first-order valence-corrected chi connectivity index (χ1v) is 13.7. The normalized spacial score (nSPS) is 14.6. The first-order valence-electron chi connectivity index (χ1n) is 9.62. The molecule has 0 saturated carbocycles. The summed E-state index contributed by atoms with van der Waals surface area (Å²) in [5.41, 5.74) is 8.37. The van der Waals surface area contributed by atoms with Crippen molar-refractivity contribution in [2.75, 3.05) is 18.2 Å². The maximum absolute atomic E-state index is 13.1. The minimum atomic E-state index is -3.63. The second-order valence-electron chi connectivity index (χ2n) is 7.18. The Balaban J connectivity index is 1.65. The van der Waals surface area contributed by atoms with Crippen LogP contribution in [-0.4, -0.2) is 21.4 Å². The average Bonchev–Trinajstić information content (AvgIpc) is 2.77. The Bertz CT molecular complexity index is 1390. The molecule has 3 aromatic rings. The lowest BCUT2D eigenvalue weighted by Gasteiger charge is -2.20. The predicted molar refractivity (Wildman–Crippen MR) is 139 cm³/mol. The van der Waals surface area contributed by atoms with Crippen LogP contribution in [0.4, 0.5) is 11.4 Å². The minimum absolute atomic E-state index is 0.168. The second kappa shape index (κ2) is 9.54. The summed E-state index contributed by atoms with van der Waals surface area (Å²) in [6.45, 7) is 0. The van der Waals surface area contributed by atoms with Crippen LogP contribution in [-0.2, 0) is 20.4 Å². The molecular weight excluding hydrogens is 592 g/mol. The van der Waals surface area contributed by atoms with Crippen LogP contribution in [0.3, 0.4) is 0 Å². The number of halogens is 2. The molecule has 1 amide bonds. The molecule has 170 valence electrons. The molecule has 0 spiro atoms. The summed E-state index contributed by atoms with van der Waals surface area (Å²) in [5, 5.41) is 2.82. The number of nitrogen functional groups attached to an aromatic ring is 1. The molecule has 33 heavy (non-hydrogen) atoms. The molecule has 0 saturated heterocycles. The van der Waals surface area contributed by atoms with Crippen molar-refractivity contribution < 1.29 is 17.9 Å². The van der Waals surface area contributed by atoms with Crippen LogP contribution in [0.5, 0.6) is 5.75 Å². The van der Waals surface area contributed by atoms with Crippen molar-refractivity contribution in [3.8, 4) is 5.75 Å². The fourth-order valence-electron chi connectivity index (χ4n) is 3.27. The van der Waals surface area contributed by atoms with Gasteiger partial charge in [-0.25, -0.2) is 8.42 Å². The van der Waals surface area contributed by atoms with Crippen molar-refractivity contribution in [3.05, 3.63) is 79.6 Å². The number of ether oxygens (including phenoxy) is 1. The smallest absolute Gasteiger partial charge is 0.262 e. The van der Waals surface area contributed by atoms with Crippen molar-refractivity contribution >= 4 is 76.8 Å². The van der Waals surface area contributed by atoms with E-state index in [4.69, 9.17) is 10.5 Å². The number of thioether (sulfide) groups is 1. The number of nitrogens with two attached hydrogens (primary N) is 1. The van der Waals surface area contributed by atoms with Crippen LogP contribution in [0.1, 0.15) is 11.1 Å². The molecule has 0 atom stereocenters. The molecule has 4 rings (SSSR count). The van der Waals surface area contributed by atoms with E-state index in [1.54, 1.807) is 48.5 Å². The number of anilines is 2. The first-order chi connectivity index (χ1) is 15.7. The minimum Gasteiger partial charge on any atom is -0.495 e. The largest absolute Gasteiger partial charge is 0.495 e. The van der Waals surface area contributed by atoms with Gasteiger partial charge in [-0.1, -0.05) is 55.8 Å². The van der Waals surface area contributed by atoms with Gasteiger partial charge in [-0.15, -0.1) is 0 Å². The summed E-state index contributed by atoms with van der Waals surface area (Å²) >= 11 is 8.06. The van der Waals surface area contributed by atoms with Gasteiger partial charge < -0.3 is 15.8 Å². The van der Waals surface area contributed by atoms with Crippen molar-refractivity contribution in [2.45, 2.75) is 15.5 Å². The number of amides is 1. The van der Waals surface area contributed by atoms with E-state index < -0.39 is 9.84 Å². The predicted octanol–water partition coefficient (Wildman–Crippen LogP) is 5.86. The van der Waals surface area contributed by atoms with Crippen molar-refractivity contribution in [1.82, 2.24) is 0 Å². The topological polar surface area (TPSA) is 98.5 Å². The van der Waals surface area contributed by atoms with Gasteiger partial charge in [0.05, 0.1) is 34.0 Å². The highest BCUT2D eigenvalue weighted by atomic mass is 79.9. The highest BCUT2D eigenvalue weighted by Gasteiger charge is 2.25. The number of carbonyl (C=O) groups is 1. The third-order valence-electron chi connectivity index (χ3n) is 4.95. The molecule has 6 nitrogen and oxygen atoms in total. The van der Waals surface area contributed by atoms with Crippen LogP contribution in [0.25, 0.3) is 6.08 Å². The fraction of sp³-hybridized carbons (Fsp3) is 0.0870. The first kappa shape index (κ1) is 23.9. The molecule has 0 aromatic heterocycles. The Morgan fingerprint density at radius 3 is 2.48 bits per heavy atom. The summed E-state index contributed by atoms with van der Waals surface area (Å²) < 4.78 is 32.9. The van der Waals surface area contributed by atoms with E-state index in [0.29, 0.717) is 41.4 Å². The highest BCUT2D eigenvalue weighted by Crippen LogP contribution is 2.41. The Hall–Kier alpha value is -2.27. The van der Waals surface area contributed by atoms with Crippen LogP contribution in [0.15, 0.2) is 78.2 Å². The molecule has 1 aliphatic rings. The quantitative estimate of drug-likeness (QED) is 0.278. The van der Waals surface area contributed by atoms with E-state index in [0.717, 1.165) is 5.56 Å². The van der Waals surface area contributed by atoms with E-state index >= 15 is 0 Å². The van der Waals surface area contributed by atoms with E-state index in [9.17, 15) is 13.2 Å². The lowest BCUT2D eigenvalue weighted by atomic mass is 10.1. The number of benzene rings is 3. The van der Waals surface area contributed by atoms with Gasteiger partial charge in [-0.2, -0.15) is 0 Å². The highest BCUT2D eigenvalue weighted by molar-refractivity contribution is 9.11. The molecule has 1 aliphatic heterocycles. The van der Waals surface area contributed by atoms with Crippen LogP contribution >= 0.6 is 43.6 Å². The van der Waals surface area contributed by atoms with E-state index in [1.165, 1.54) is 24.9 Å². The third-order valence-corrected chi connectivity index (χ3v) is 9.16. The molecule has 0 unspecified atom stereocenters. The van der Waals surface area contributed by atoms with Gasteiger partial charge >= 0.3 is 0 Å². The summed E-state index contributed by atoms with van der Waals surface area (Å²) in [6, 6.07) is 15.4. The molecule has 3 aromatic carbocycles. The molecular formula is C23H18Br2N2O4S2. The van der Waals surface area contributed by atoms with Gasteiger partial charge in [0.15, 0.2) is 9.84 Å². The van der Waals surface area contributed by atoms with Gasteiger partial charge in [-0.05, 0) is 59.7 Å². The second-order valence-corrected chi connectivity index (χ2v) is 12.0. The Kier molecular flexibility index (Phi) is 6.90. The Labute approximate surface area is 212 Å². The SMILES string of the molecule is COc1ccc(/C=C2\Sc3cc(S(=O)(=O)Cc4c(Br)cccc4Br)ccc3NC2=O)cc1N. The van der Waals surface area contributed by atoms with Gasteiger partial charge in [-0.3, -0.25) is 4.79 Å². The number of hydrogen-bond acceptors (Lipinski definition) is 6. The zero-order valence-electron chi connectivity index (χ0n) is 17.3. The fourth-order valence-corrected chi connectivity index (χ4v) is 7.41. The van der Waals surface area contributed by atoms with E-state index in [-0.39, 0.29) is 16.6 Å². The van der Waals surface area contributed by atoms with E-state index in [2.05, 4.69) is 37.2 Å². The monoisotopic (exact) mass is 608 g/mol. The van der Waals surface area contributed by atoms with Crippen LogP contribution < -0.4 is 15.8 Å². The Morgan fingerprint density at radius 1 is 1.09 bits per heavy atom. The summed E-state index contributed by atoms with van der Waals surface area (Å²) in [5.74, 6) is 0.114. The lowest BCUT2D eigenvalue weighted by molar-refractivity contribution is -0.112. The Morgan fingerprint density at radius 2 is 1.82 bits per heavy atom. The van der Waals surface area contributed by atoms with Crippen LogP contribution in [0.2, 0.25) is 0 Å². The molecule has 0 aliphatic carbocycles. The van der Waals surface area contributed by atoms with Gasteiger partial charge in [0.1, 0.15) is 5.75 Å². The maximum atomic E-state index is 13.1. The zero-order chi connectivity index (χ0) is 23.8. The zero-order valence-corrected chi connectivity index (χ0v) is 22.1.